The number of rotatable bonds is 4. The Hall–Kier alpha value is -2.43. The Bertz CT molecular complexity index is 738. The Morgan fingerprint density at radius 1 is 1.12 bits per heavy atom. The number of carbonyl (C=O) groups excluding carboxylic acids is 3. The molecule has 5 nitrogen and oxygen atoms in total. The summed E-state index contributed by atoms with van der Waals surface area (Å²) in [4.78, 5) is 38.9. The predicted molar refractivity (Wildman–Crippen MR) is 93.5 cm³/mol. The lowest BCUT2D eigenvalue weighted by Gasteiger charge is -2.38. The first kappa shape index (κ1) is 16.1. The number of imide groups is 1. The molecular formula is C20H22N2O3. The number of hydrogen-bond donors (Lipinski definition) is 1. The van der Waals surface area contributed by atoms with E-state index in [4.69, 9.17) is 0 Å². The summed E-state index contributed by atoms with van der Waals surface area (Å²) in [7, 11) is 0. The van der Waals surface area contributed by atoms with Crippen LogP contribution in [0, 0.1) is 30.6 Å². The number of carbonyl (C=O) groups is 3. The van der Waals surface area contributed by atoms with Crippen LogP contribution in [0.5, 0.6) is 0 Å². The maximum atomic E-state index is 12.7. The fourth-order valence-electron chi connectivity index (χ4n) is 4.52. The monoisotopic (exact) mass is 338 g/mol. The minimum Gasteiger partial charge on any atom is -0.326 e. The van der Waals surface area contributed by atoms with Crippen molar-refractivity contribution < 1.29 is 14.4 Å². The van der Waals surface area contributed by atoms with Gasteiger partial charge in [0.25, 0.3) is 0 Å². The van der Waals surface area contributed by atoms with Gasteiger partial charge >= 0.3 is 0 Å². The summed E-state index contributed by atoms with van der Waals surface area (Å²) in [6.07, 6.45) is 6.32. The van der Waals surface area contributed by atoms with Crippen molar-refractivity contribution in [2.75, 3.05) is 11.9 Å². The third-order valence-electron chi connectivity index (χ3n) is 5.71. The van der Waals surface area contributed by atoms with Gasteiger partial charge in [-0.05, 0) is 49.3 Å². The number of hydrogen-bond acceptors (Lipinski definition) is 3. The fraction of sp³-hybridized carbons (Fsp3) is 0.450. The lowest BCUT2D eigenvalue weighted by Crippen LogP contribution is -2.38. The second-order valence-electron chi connectivity index (χ2n) is 7.34. The van der Waals surface area contributed by atoms with Crippen LogP contribution in [0.2, 0.25) is 0 Å². The maximum absolute atomic E-state index is 12.7. The Labute approximate surface area is 147 Å². The molecule has 0 spiro atoms. The van der Waals surface area contributed by atoms with Crippen LogP contribution in [0.4, 0.5) is 5.69 Å². The first-order chi connectivity index (χ1) is 12.0. The van der Waals surface area contributed by atoms with Crippen LogP contribution >= 0.6 is 0 Å². The quantitative estimate of drug-likeness (QED) is 0.678. The molecule has 5 rings (SSSR count). The third-order valence-corrected chi connectivity index (χ3v) is 5.71. The second-order valence-corrected chi connectivity index (χ2v) is 7.34. The van der Waals surface area contributed by atoms with Crippen LogP contribution in [0.3, 0.4) is 0 Å². The van der Waals surface area contributed by atoms with Gasteiger partial charge < -0.3 is 5.32 Å². The highest BCUT2D eigenvalue weighted by Gasteiger charge is 2.56. The van der Waals surface area contributed by atoms with Crippen molar-refractivity contribution in [3.05, 3.63) is 42.0 Å². The minimum absolute atomic E-state index is 0.0857. The molecule has 1 aliphatic heterocycles. The summed E-state index contributed by atoms with van der Waals surface area (Å²) < 4.78 is 0. The molecule has 3 aliphatic carbocycles. The Kier molecular flexibility index (Phi) is 3.94. The zero-order valence-corrected chi connectivity index (χ0v) is 14.3. The molecule has 1 saturated heterocycles. The molecule has 25 heavy (non-hydrogen) atoms. The third kappa shape index (κ3) is 2.77. The van der Waals surface area contributed by atoms with E-state index in [1.54, 1.807) is 0 Å². The molecule has 3 amide bonds. The van der Waals surface area contributed by atoms with Crippen molar-refractivity contribution in [3.63, 3.8) is 0 Å². The molecule has 4 atom stereocenters. The number of allylic oxidation sites excluding steroid dienone is 2. The zero-order valence-electron chi connectivity index (χ0n) is 14.3. The largest absolute Gasteiger partial charge is 0.326 e. The summed E-state index contributed by atoms with van der Waals surface area (Å²) >= 11 is 0. The van der Waals surface area contributed by atoms with E-state index in [-0.39, 0.29) is 54.4 Å². The van der Waals surface area contributed by atoms with Crippen molar-refractivity contribution in [2.24, 2.45) is 23.7 Å². The molecule has 4 unspecified atom stereocenters. The van der Waals surface area contributed by atoms with E-state index in [1.807, 2.05) is 31.2 Å². The molecule has 130 valence electrons. The number of nitrogens with zero attached hydrogens (tertiary/aromatic N) is 1. The van der Waals surface area contributed by atoms with Gasteiger partial charge in [-0.15, -0.1) is 0 Å². The molecule has 0 radical (unpaired) electrons. The fourth-order valence-corrected chi connectivity index (χ4v) is 4.52. The number of amides is 3. The Morgan fingerprint density at radius 2 is 1.76 bits per heavy atom. The highest BCUT2D eigenvalue weighted by Crippen LogP contribution is 2.49. The van der Waals surface area contributed by atoms with E-state index in [1.165, 1.54) is 4.90 Å². The maximum Gasteiger partial charge on any atom is 0.233 e. The van der Waals surface area contributed by atoms with Gasteiger partial charge in [0.05, 0.1) is 11.8 Å². The van der Waals surface area contributed by atoms with Gasteiger partial charge in [-0.2, -0.15) is 0 Å². The van der Waals surface area contributed by atoms with E-state index in [0.717, 1.165) is 24.1 Å². The van der Waals surface area contributed by atoms with Crippen molar-refractivity contribution >= 4 is 23.4 Å². The molecule has 1 aromatic rings. The summed E-state index contributed by atoms with van der Waals surface area (Å²) in [5.41, 5.74) is 1.80. The van der Waals surface area contributed by atoms with Gasteiger partial charge in [0.1, 0.15) is 0 Å². The van der Waals surface area contributed by atoms with Crippen LogP contribution in [0.1, 0.15) is 24.8 Å². The number of anilines is 1. The highest BCUT2D eigenvalue weighted by molar-refractivity contribution is 6.06. The highest BCUT2D eigenvalue weighted by atomic mass is 16.2. The lowest BCUT2D eigenvalue weighted by atomic mass is 9.63. The molecular weight excluding hydrogens is 316 g/mol. The Balaban J connectivity index is 1.39. The van der Waals surface area contributed by atoms with Crippen LogP contribution in [0.15, 0.2) is 36.4 Å². The van der Waals surface area contributed by atoms with Gasteiger partial charge in [0, 0.05) is 18.7 Å². The van der Waals surface area contributed by atoms with E-state index >= 15 is 0 Å². The summed E-state index contributed by atoms with van der Waals surface area (Å²) in [6.45, 7) is 2.13. The Morgan fingerprint density at radius 3 is 2.32 bits per heavy atom. The van der Waals surface area contributed by atoms with Gasteiger partial charge in [0.2, 0.25) is 17.7 Å². The molecule has 5 heteroatoms. The van der Waals surface area contributed by atoms with Crippen molar-refractivity contribution in [3.8, 4) is 0 Å². The lowest BCUT2D eigenvalue weighted by molar-refractivity contribution is -0.140. The second kappa shape index (κ2) is 6.14. The van der Waals surface area contributed by atoms with Gasteiger partial charge in [-0.25, -0.2) is 0 Å². The van der Waals surface area contributed by atoms with Crippen LogP contribution in [-0.4, -0.2) is 29.2 Å². The summed E-state index contributed by atoms with van der Waals surface area (Å²) in [5.74, 6) is -0.362. The van der Waals surface area contributed by atoms with Crippen molar-refractivity contribution in [1.82, 2.24) is 4.90 Å². The van der Waals surface area contributed by atoms with Gasteiger partial charge in [-0.1, -0.05) is 24.3 Å². The number of benzene rings is 1. The molecule has 0 aromatic heterocycles. The average Bonchev–Trinajstić information content (AvgIpc) is 2.87. The topological polar surface area (TPSA) is 66.5 Å². The number of nitrogens with one attached hydrogen (secondary N) is 1. The smallest absolute Gasteiger partial charge is 0.233 e. The SMILES string of the molecule is Cc1cccc(NC(=O)CCN2C(=O)C3C4C=CC(CC4)C3C2=O)c1. The van der Waals surface area contributed by atoms with Crippen molar-refractivity contribution in [2.45, 2.75) is 26.2 Å². The summed E-state index contributed by atoms with van der Waals surface area (Å²) in [5, 5.41) is 2.83. The van der Waals surface area contributed by atoms with E-state index < -0.39 is 0 Å². The molecule has 1 heterocycles. The standard InChI is InChI=1S/C20H22N2O3/c1-12-3-2-4-15(11-12)21-16(23)9-10-22-19(24)17-13-5-6-14(8-7-13)18(17)20(22)25/h2-6,11,13-14,17-18H,7-10H2,1H3,(H,21,23). The van der Waals surface area contributed by atoms with E-state index in [9.17, 15) is 14.4 Å². The number of likely N-dealkylation sites (tertiary alicyclic amines) is 1. The van der Waals surface area contributed by atoms with Gasteiger partial charge in [-0.3, -0.25) is 19.3 Å². The zero-order chi connectivity index (χ0) is 17.6. The first-order valence-corrected chi connectivity index (χ1v) is 8.94. The van der Waals surface area contributed by atoms with Crippen LogP contribution < -0.4 is 5.32 Å². The van der Waals surface area contributed by atoms with Crippen LogP contribution in [0.25, 0.3) is 0 Å². The summed E-state index contributed by atoms with van der Waals surface area (Å²) in [6, 6.07) is 7.56. The molecule has 2 bridgehead atoms. The molecule has 1 N–H and O–H groups in total. The number of fused-ring (bicyclic) bond motifs is 1. The molecule has 2 fully saturated rings. The first-order valence-electron chi connectivity index (χ1n) is 8.94. The normalized spacial score (nSPS) is 29.9. The predicted octanol–water partition coefficient (Wildman–Crippen LogP) is 2.52. The molecule has 1 saturated carbocycles. The molecule has 4 aliphatic rings. The van der Waals surface area contributed by atoms with E-state index in [0.29, 0.717) is 0 Å². The van der Waals surface area contributed by atoms with Crippen LogP contribution in [-0.2, 0) is 14.4 Å². The van der Waals surface area contributed by atoms with Gasteiger partial charge in [0.15, 0.2) is 0 Å². The van der Waals surface area contributed by atoms with E-state index in [2.05, 4.69) is 17.5 Å². The average molecular weight is 338 g/mol. The number of aryl methyl sites for hydroxylation is 1. The minimum atomic E-state index is -0.198. The van der Waals surface area contributed by atoms with Crippen molar-refractivity contribution in [1.29, 1.82) is 0 Å². The molecule has 1 aromatic carbocycles.